The first kappa shape index (κ1) is 15.5. The van der Waals surface area contributed by atoms with Crippen molar-refractivity contribution in [2.75, 3.05) is 19.7 Å². The molecule has 3 heteroatoms. The average molecular weight is 276 g/mol. The van der Waals surface area contributed by atoms with E-state index in [9.17, 15) is 0 Å². The first-order chi connectivity index (χ1) is 9.63. The van der Waals surface area contributed by atoms with Gasteiger partial charge in [-0.15, -0.1) is 0 Å². The Bertz CT molecular complexity index is 387. The average Bonchev–Trinajstić information content (AvgIpc) is 2.91. The molecule has 3 nitrogen and oxygen atoms in total. The lowest BCUT2D eigenvalue weighted by atomic mass is 9.93. The third-order valence-corrected chi connectivity index (χ3v) is 4.36. The van der Waals surface area contributed by atoms with Crippen LogP contribution in [-0.4, -0.2) is 31.3 Å². The highest BCUT2D eigenvalue weighted by molar-refractivity contribution is 5.18. The van der Waals surface area contributed by atoms with Crippen molar-refractivity contribution in [3.8, 4) is 0 Å². The smallest absolute Gasteiger partial charge is 0.0779 e. The predicted molar refractivity (Wildman–Crippen MR) is 83.9 cm³/mol. The molecule has 2 rings (SSSR count). The zero-order valence-corrected chi connectivity index (χ0v) is 12.8. The van der Waals surface area contributed by atoms with E-state index in [1.807, 2.05) is 0 Å². The second kappa shape index (κ2) is 7.21. The molecule has 0 saturated carbocycles. The van der Waals surface area contributed by atoms with Crippen molar-refractivity contribution in [1.82, 2.24) is 5.32 Å². The van der Waals surface area contributed by atoms with Gasteiger partial charge in [0.2, 0.25) is 0 Å². The minimum atomic E-state index is 0.00338. The van der Waals surface area contributed by atoms with Gasteiger partial charge in [0.05, 0.1) is 5.60 Å². The molecule has 0 aromatic heterocycles. The van der Waals surface area contributed by atoms with E-state index in [-0.39, 0.29) is 5.60 Å². The van der Waals surface area contributed by atoms with Gasteiger partial charge < -0.3 is 15.8 Å². The number of nitrogens with two attached hydrogens (primary N) is 1. The summed E-state index contributed by atoms with van der Waals surface area (Å²) >= 11 is 0. The van der Waals surface area contributed by atoms with Crippen LogP contribution in [0, 0.1) is 0 Å². The van der Waals surface area contributed by atoms with Crippen molar-refractivity contribution in [1.29, 1.82) is 0 Å². The summed E-state index contributed by atoms with van der Waals surface area (Å²) in [5.74, 6) is 0.523. The number of ether oxygens (including phenoxy) is 1. The fraction of sp³-hybridized carbons (Fsp3) is 0.647. The second-order valence-electron chi connectivity index (χ2n) is 6.26. The molecule has 20 heavy (non-hydrogen) atoms. The quantitative estimate of drug-likeness (QED) is 0.805. The minimum absolute atomic E-state index is 0.00338. The molecular weight excluding hydrogens is 248 g/mol. The maximum Gasteiger partial charge on any atom is 0.0779 e. The van der Waals surface area contributed by atoms with E-state index >= 15 is 0 Å². The highest BCUT2D eigenvalue weighted by atomic mass is 16.5. The molecule has 0 spiro atoms. The van der Waals surface area contributed by atoms with Gasteiger partial charge in [-0.1, -0.05) is 37.3 Å². The van der Waals surface area contributed by atoms with E-state index in [1.54, 1.807) is 0 Å². The summed E-state index contributed by atoms with van der Waals surface area (Å²) in [6.45, 7) is 6.93. The summed E-state index contributed by atoms with van der Waals surface area (Å²) in [6.07, 6.45) is 3.38. The summed E-state index contributed by atoms with van der Waals surface area (Å²) in [5.41, 5.74) is 7.31. The lowest BCUT2D eigenvalue weighted by molar-refractivity contribution is 0.0186. The van der Waals surface area contributed by atoms with E-state index in [4.69, 9.17) is 10.5 Å². The number of benzene rings is 1. The number of rotatable bonds is 7. The molecule has 1 aromatic carbocycles. The van der Waals surface area contributed by atoms with Crippen LogP contribution < -0.4 is 11.1 Å². The van der Waals surface area contributed by atoms with E-state index < -0.39 is 0 Å². The van der Waals surface area contributed by atoms with Gasteiger partial charge in [-0.2, -0.15) is 0 Å². The largest absolute Gasteiger partial charge is 0.374 e. The fourth-order valence-corrected chi connectivity index (χ4v) is 2.94. The van der Waals surface area contributed by atoms with Gasteiger partial charge in [0.25, 0.3) is 0 Å². The molecule has 3 atom stereocenters. The first-order valence-electron chi connectivity index (χ1n) is 7.75. The lowest BCUT2D eigenvalue weighted by Gasteiger charge is -2.28. The Morgan fingerprint density at radius 1 is 1.35 bits per heavy atom. The van der Waals surface area contributed by atoms with Crippen LogP contribution in [0.3, 0.4) is 0 Å². The Hall–Kier alpha value is -0.900. The predicted octanol–water partition coefficient (Wildman–Crippen LogP) is 2.67. The molecule has 1 aliphatic rings. The number of nitrogens with one attached hydrogen (secondary N) is 1. The van der Waals surface area contributed by atoms with Crippen LogP contribution in [0.1, 0.15) is 44.6 Å². The third-order valence-electron chi connectivity index (χ3n) is 4.36. The molecule has 1 aromatic rings. The van der Waals surface area contributed by atoms with E-state index in [2.05, 4.69) is 49.5 Å². The second-order valence-corrected chi connectivity index (χ2v) is 6.26. The molecule has 0 bridgehead atoms. The Labute approximate surface area is 122 Å². The van der Waals surface area contributed by atoms with Crippen molar-refractivity contribution >= 4 is 0 Å². The van der Waals surface area contributed by atoms with Crippen LogP contribution in [-0.2, 0) is 4.74 Å². The molecular formula is C17H28N2O. The Morgan fingerprint density at radius 3 is 2.70 bits per heavy atom. The summed E-state index contributed by atoms with van der Waals surface area (Å²) in [7, 11) is 0. The molecule has 1 saturated heterocycles. The molecule has 0 amide bonds. The van der Waals surface area contributed by atoms with Crippen molar-refractivity contribution in [2.24, 2.45) is 5.73 Å². The topological polar surface area (TPSA) is 47.3 Å². The summed E-state index contributed by atoms with van der Waals surface area (Å²) in [5, 5.41) is 3.60. The third kappa shape index (κ3) is 4.30. The molecule has 0 aliphatic carbocycles. The molecule has 0 radical (unpaired) electrons. The summed E-state index contributed by atoms with van der Waals surface area (Å²) in [4.78, 5) is 0. The fourth-order valence-electron chi connectivity index (χ4n) is 2.94. The summed E-state index contributed by atoms with van der Waals surface area (Å²) in [6, 6.07) is 11.0. The van der Waals surface area contributed by atoms with Crippen molar-refractivity contribution in [3.05, 3.63) is 35.9 Å². The van der Waals surface area contributed by atoms with Crippen molar-refractivity contribution in [2.45, 2.75) is 50.7 Å². The Balaban J connectivity index is 1.82. The maximum atomic E-state index is 5.92. The molecule has 1 aliphatic heterocycles. The number of hydrogen-bond acceptors (Lipinski definition) is 3. The normalized spacial score (nSPS) is 25.6. The Kier molecular flexibility index (Phi) is 5.58. The molecule has 3 unspecified atom stereocenters. The first-order valence-corrected chi connectivity index (χ1v) is 7.75. The highest BCUT2D eigenvalue weighted by Gasteiger charge is 2.30. The van der Waals surface area contributed by atoms with E-state index in [0.717, 1.165) is 26.0 Å². The zero-order valence-electron chi connectivity index (χ0n) is 12.8. The standard InChI is InChI=1S/C17H28N2O/c1-14(15-7-4-3-5-8-15)11-16(12-18)19-13-17(2)9-6-10-20-17/h3-5,7-8,14,16,19H,6,9-13,18H2,1-2H3. The van der Waals surface area contributed by atoms with Gasteiger partial charge in [0, 0.05) is 25.7 Å². The van der Waals surface area contributed by atoms with Crippen LogP contribution >= 0.6 is 0 Å². The van der Waals surface area contributed by atoms with Gasteiger partial charge in [-0.05, 0) is 37.7 Å². The van der Waals surface area contributed by atoms with Crippen LogP contribution in [0.25, 0.3) is 0 Å². The zero-order chi connectivity index (χ0) is 14.4. The van der Waals surface area contributed by atoms with Crippen LogP contribution in [0.2, 0.25) is 0 Å². The Morgan fingerprint density at radius 2 is 2.10 bits per heavy atom. The monoisotopic (exact) mass is 276 g/mol. The molecule has 3 N–H and O–H groups in total. The molecule has 1 heterocycles. The van der Waals surface area contributed by atoms with E-state index in [1.165, 1.54) is 12.0 Å². The van der Waals surface area contributed by atoms with Crippen LogP contribution in [0.15, 0.2) is 30.3 Å². The highest BCUT2D eigenvalue weighted by Crippen LogP contribution is 2.25. The maximum absolute atomic E-state index is 5.92. The van der Waals surface area contributed by atoms with Gasteiger partial charge >= 0.3 is 0 Å². The van der Waals surface area contributed by atoms with Crippen LogP contribution in [0.5, 0.6) is 0 Å². The minimum Gasteiger partial charge on any atom is -0.374 e. The van der Waals surface area contributed by atoms with Gasteiger partial charge in [0.1, 0.15) is 0 Å². The van der Waals surface area contributed by atoms with Gasteiger partial charge in [-0.25, -0.2) is 0 Å². The lowest BCUT2D eigenvalue weighted by Crippen LogP contribution is -2.45. The molecule has 1 fully saturated rings. The summed E-state index contributed by atoms with van der Waals surface area (Å²) < 4.78 is 5.82. The molecule has 112 valence electrons. The van der Waals surface area contributed by atoms with E-state index in [0.29, 0.717) is 18.5 Å². The van der Waals surface area contributed by atoms with Crippen molar-refractivity contribution < 1.29 is 4.74 Å². The van der Waals surface area contributed by atoms with Crippen LogP contribution in [0.4, 0.5) is 0 Å². The van der Waals surface area contributed by atoms with Gasteiger partial charge in [0.15, 0.2) is 0 Å². The number of hydrogen-bond donors (Lipinski definition) is 2. The van der Waals surface area contributed by atoms with Gasteiger partial charge in [-0.3, -0.25) is 0 Å². The SMILES string of the molecule is CC(CC(CN)NCC1(C)CCCO1)c1ccccc1. The van der Waals surface area contributed by atoms with Crippen molar-refractivity contribution in [3.63, 3.8) is 0 Å².